The van der Waals surface area contributed by atoms with Crippen molar-refractivity contribution in [3.05, 3.63) is 34.9 Å². The Morgan fingerprint density at radius 3 is 2.81 bits per heavy atom. The molecule has 0 saturated carbocycles. The summed E-state index contributed by atoms with van der Waals surface area (Å²) in [7, 11) is 0. The van der Waals surface area contributed by atoms with E-state index in [-0.39, 0.29) is 6.10 Å². The zero-order valence-corrected chi connectivity index (χ0v) is 9.99. The summed E-state index contributed by atoms with van der Waals surface area (Å²) in [5.74, 6) is 0. The van der Waals surface area contributed by atoms with Crippen LogP contribution in [-0.4, -0.2) is 37.7 Å². The molecule has 88 valence electrons. The number of hydrogen-bond acceptors (Lipinski definition) is 3. The number of nitrogens with zero attached hydrogens (tertiary/aromatic N) is 1. The number of hydrogen-bond donors (Lipinski definition) is 1. The van der Waals surface area contributed by atoms with Crippen LogP contribution in [0.25, 0.3) is 0 Å². The van der Waals surface area contributed by atoms with Crippen molar-refractivity contribution in [2.24, 2.45) is 5.73 Å². The molecule has 3 nitrogen and oxygen atoms in total. The molecule has 1 heterocycles. The zero-order valence-electron chi connectivity index (χ0n) is 9.23. The maximum atomic E-state index is 5.86. The van der Waals surface area contributed by atoms with Crippen molar-refractivity contribution in [3.8, 4) is 0 Å². The van der Waals surface area contributed by atoms with Crippen LogP contribution in [0, 0.1) is 0 Å². The summed E-state index contributed by atoms with van der Waals surface area (Å²) < 4.78 is 5.75. The van der Waals surface area contributed by atoms with Crippen LogP contribution in [0.3, 0.4) is 0 Å². The number of benzene rings is 1. The Morgan fingerprint density at radius 2 is 2.12 bits per heavy atom. The van der Waals surface area contributed by atoms with E-state index in [0.29, 0.717) is 6.54 Å². The van der Waals surface area contributed by atoms with Crippen molar-refractivity contribution < 1.29 is 4.74 Å². The first-order chi connectivity index (χ1) is 7.79. The number of rotatable bonds is 3. The summed E-state index contributed by atoms with van der Waals surface area (Å²) in [6, 6.07) is 7.86. The highest BCUT2D eigenvalue weighted by atomic mass is 35.5. The molecular weight excluding hydrogens is 224 g/mol. The molecular formula is C12H17ClN2O. The van der Waals surface area contributed by atoms with Crippen molar-refractivity contribution in [1.82, 2.24) is 4.90 Å². The van der Waals surface area contributed by atoms with E-state index < -0.39 is 0 Å². The van der Waals surface area contributed by atoms with Crippen LogP contribution in [0.5, 0.6) is 0 Å². The van der Waals surface area contributed by atoms with E-state index in [2.05, 4.69) is 4.90 Å². The monoisotopic (exact) mass is 240 g/mol. The van der Waals surface area contributed by atoms with Crippen molar-refractivity contribution >= 4 is 11.6 Å². The van der Waals surface area contributed by atoms with Crippen LogP contribution < -0.4 is 5.73 Å². The van der Waals surface area contributed by atoms with Gasteiger partial charge >= 0.3 is 0 Å². The van der Waals surface area contributed by atoms with Crippen LogP contribution in [0.2, 0.25) is 5.02 Å². The zero-order chi connectivity index (χ0) is 11.4. The molecule has 2 rings (SSSR count). The van der Waals surface area contributed by atoms with Gasteiger partial charge in [-0.05, 0) is 17.7 Å². The van der Waals surface area contributed by atoms with Crippen LogP contribution >= 0.6 is 11.6 Å². The summed E-state index contributed by atoms with van der Waals surface area (Å²) in [5, 5.41) is 0.762. The molecule has 1 aromatic carbocycles. The van der Waals surface area contributed by atoms with Crippen LogP contribution in [0.4, 0.5) is 0 Å². The second-order valence-electron chi connectivity index (χ2n) is 4.00. The van der Waals surface area contributed by atoms with Crippen LogP contribution in [0.1, 0.15) is 11.7 Å². The lowest BCUT2D eigenvalue weighted by atomic mass is 10.1. The number of ether oxygens (including phenoxy) is 1. The Hall–Kier alpha value is -0.610. The van der Waals surface area contributed by atoms with E-state index in [0.717, 1.165) is 31.3 Å². The third-order valence-corrected chi connectivity index (χ3v) is 3.09. The van der Waals surface area contributed by atoms with Crippen molar-refractivity contribution in [1.29, 1.82) is 0 Å². The van der Waals surface area contributed by atoms with Gasteiger partial charge in [0.25, 0.3) is 0 Å². The first kappa shape index (κ1) is 11.9. The minimum absolute atomic E-state index is 0.151. The van der Waals surface area contributed by atoms with Gasteiger partial charge in [-0.1, -0.05) is 23.7 Å². The molecule has 1 saturated heterocycles. The summed E-state index contributed by atoms with van der Waals surface area (Å²) in [6.07, 6.45) is 0.151. The molecule has 1 aliphatic rings. The Morgan fingerprint density at radius 1 is 1.38 bits per heavy atom. The van der Waals surface area contributed by atoms with Gasteiger partial charge < -0.3 is 10.5 Å². The maximum absolute atomic E-state index is 5.86. The second-order valence-corrected chi connectivity index (χ2v) is 4.44. The molecule has 0 aliphatic carbocycles. The molecule has 0 radical (unpaired) electrons. The van der Waals surface area contributed by atoms with Gasteiger partial charge in [0.05, 0.1) is 12.7 Å². The first-order valence-corrected chi connectivity index (χ1v) is 5.97. The lowest BCUT2D eigenvalue weighted by Crippen LogP contribution is -2.40. The largest absolute Gasteiger partial charge is 0.371 e. The van der Waals surface area contributed by atoms with Gasteiger partial charge in [0.1, 0.15) is 0 Å². The average molecular weight is 241 g/mol. The van der Waals surface area contributed by atoms with Crippen molar-refractivity contribution in [2.45, 2.75) is 6.10 Å². The Bertz CT molecular complexity index is 326. The molecule has 2 N–H and O–H groups in total. The Labute approximate surface area is 101 Å². The van der Waals surface area contributed by atoms with Gasteiger partial charge in [-0.3, -0.25) is 4.90 Å². The highest BCUT2D eigenvalue weighted by molar-refractivity contribution is 6.30. The van der Waals surface area contributed by atoms with Gasteiger partial charge in [0, 0.05) is 31.2 Å². The molecule has 1 fully saturated rings. The van der Waals surface area contributed by atoms with Gasteiger partial charge in [-0.2, -0.15) is 0 Å². The molecule has 4 heteroatoms. The van der Waals surface area contributed by atoms with E-state index in [1.54, 1.807) is 0 Å². The molecule has 1 aliphatic heterocycles. The fourth-order valence-electron chi connectivity index (χ4n) is 1.97. The van der Waals surface area contributed by atoms with Gasteiger partial charge in [-0.25, -0.2) is 0 Å². The third kappa shape index (κ3) is 2.95. The SMILES string of the molecule is NCCN1CCOC(c2ccc(Cl)cc2)C1. The van der Waals surface area contributed by atoms with Gasteiger partial charge in [-0.15, -0.1) is 0 Å². The number of halogens is 1. The molecule has 0 spiro atoms. The minimum Gasteiger partial charge on any atom is -0.371 e. The molecule has 0 bridgehead atoms. The summed E-state index contributed by atoms with van der Waals surface area (Å²) in [6.45, 7) is 4.30. The van der Waals surface area contributed by atoms with Gasteiger partial charge in [0.15, 0.2) is 0 Å². The standard InChI is InChI=1S/C12H17ClN2O/c13-11-3-1-10(2-4-11)12-9-15(6-5-14)7-8-16-12/h1-4,12H,5-9,14H2. The van der Waals surface area contributed by atoms with Crippen LogP contribution in [0.15, 0.2) is 24.3 Å². The van der Waals surface area contributed by atoms with E-state index >= 15 is 0 Å². The molecule has 0 aromatic heterocycles. The maximum Gasteiger partial charge on any atom is 0.0952 e. The summed E-state index contributed by atoms with van der Waals surface area (Å²) >= 11 is 5.86. The predicted molar refractivity (Wildman–Crippen MR) is 65.6 cm³/mol. The lowest BCUT2D eigenvalue weighted by Gasteiger charge is -2.32. The smallest absolute Gasteiger partial charge is 0.0952 e. The molecule has 0 amide bonds. The van der Waals surface area contributed by atoms with Crippen LogP contribution in [-0.2, 0) is 4.74 Å². The lowest BCUT2D eigenvalue weighted by molar-refractivity contribution is -0.0288. The topological polar surface area (TPSA) is 38.5 Å². The summed E-state index contributed by atoms with van der Waals surface area (Å²) in [4.78, 5) is 2.34. The molecule has 1 atom stereocenters. The third-order valence-electron chi connectivity index (χ3n) is 2.84. The number of morpholine rings is 1. The Balaban J connectivity index is 2.01. The highest BCUT2D eigenvalue weighted by Gasteiger charge is 2.21. The second kappa shape index (κ2) is 5.64. The molecule has 1 aromatic rings. The van der Waals surface area contributed by atoms with Crippen molar-refractivity contribution in [2.75, 3.05) is 32.8 Å². The average Bonchev–Trinajstić information content (AvgIpc) is 2.31. The minimum atomic E-state index is 0.151. The number of nitrogens with two attached hydrogens (primary N) is 1. The quantitative estimate of drug-likeness (QED) is 0.874. The van der Waals surface area contributed by atoms with Gasteiger partial charge in [0.2, 0.25) is 0 Å². The molecule has 1 unspecified atom stereocenters. The predicted octanol–water partition coefficient (Wildman–Crippen LogP) is 1.67. The normalized spacial score (nSPS) is 22.2. The molecule has 16 heavy (non-hydrogen) atoms. The fraction of sp³-hybridized carbons (Fsp3) is 0.500. The summed E-state index contributed by atoms with van der Waals surface area (Å²) in [5.41, 5.74) is 6.75. The Kier molecular flexibility index (Phi) is 4.18. The van der Waals surface area contributed by atoms with E-state index in [1.165, 1.54) is 5.56 Å². The highest BCUT2D eigenvalue weighted by Crippen LogP contribution is 2.23. The van der Waals surface area contributed by atoms with E-state index in [4.69, 9.17) is 22.1 Å². The first-order valence-electron chi connectivity index (χ1n) is 5.59. The van der Waals surface area contributed by atoms with E-state index in [9.17, 15) is 0 Å². The van der Waals surface area contributed by atoms with Crippen molar-refractivity contribution in [3.63, 3.8) is 0 Å². The fourth-order valence-corrected chi connectivity index (χ4v) is 2.09. The van der Waals surface area contributed by atoms with E-state index in [1.807, 2.05) is 24.3 Å².